The summed E-state index contributed by atoms with van der Waals surface area (Å²) in [4.78, 5) is 12.8. The van der Waals surface area contributed by atoms with Crippen LogP contribution in [0.2, 0.25) is 0 Å². The molecule has 0 aromatic rings. The van der Waals surface area contributed by atoms with Gasteiger partial charge in [-0.05, 0) is 98.7 Å². The van der Waals surface area contributed by atoms with E-state index in [2.05, 4.69) is 6.92 Å². The van der Waals surface area contributed by atoms with E-state index < -0.39 is 0 Å². The molecule has 5 aliphatic carbocycles. The van der Waals surface area contributed by atoms with Crippen LogP contribution in [0.5, 0.6) is 0 Å². The summed E-state index contributed by atoms with van der Waals surface area (Å²) in [6.07, 6.45) is 12.3. The average Bonchev–Trinajstić information content (AvgIpc) is 3.25. The van der Waals surface area contributed by atoms with Crippen molar-refractivity contribution in [3.05, 3.63) is 0 Å². The second-order valence-corrected chi connectivity index (χ2v) is 10.7. The van der Waals surface area contributed by atoms with Gasteiger partial charge in [-0.1, -0.05) is 6.92 Å². The molecule has 1 aliphatic heterocycles. The minimum absolute atomic E-state index is 0.0137. The first-order chi connectivity index (χ1) is 12.0. The Morgan fingerprint density at radius 2 is 1.92 bits per heavy atom. The second-order valence-electron chi connectivity index (χ2n) is 10.7. The Morgan fingerprint density at radius 1 is 1.04 bits per heavy atom. The third-order valence-corrected chi connectivity index (χ3v) is 10.1. The van der Waals surface area contributed by atoms with Crippen LogP contribution in [-0.2, 0) is 9.53 Å². The van der Waals surface area contributed by atoms with E-state index in [9.17, 15) is 9.90 Å². The molecule has 6 rings (SSSR count). The molecule has 1 N–H and O–H groups in total. The number of carbonyl (C=O) groups excluding carboxylic acids is 1. The van der Waals surface area contributed by atoms with Crippen LogP contribution in [0.25, 0.3) is 0 Å². The van der Waals surface area contributed by atoms with Crippen LogP contribution in [0.15, 0.2) is 0 Å². The van der Waals surface area contributed by atoms with E-state index in [0.717, 1.165) is 42.9 Å². The number of fused-ring (bicyclic) bond motifs is 5. The van der Waals surface area contributed by atoms with Gasteiger partial charge in [-0.2, -0.15) is 0 Å². The maximum absolute atomic E-state index is 12.8. The highest BCUT2D eigenvalue weighted by molar-refractivity contribution is 5.90. The van der Waals surface area contributed by atoms with Crippen molar-refractivity contribution in [2.24, 2.45) is 40.4 Å². The maximum Gasteiger partial charge on any atom is 0.167 e. The van der Waals surface area contributed by atoms with E-state index >= 15 is 0 Å². The van der Waals surface area contributed by atoms with Gasteiger partial charge >= 0.3 is 0 Å². The van der Waals surface area contributed by atoms with Crippen molar-refractivity contribution < 1.29 is 14.6 Å². The lowest BCUT2D eigenvalue weighted by molar-refractivity contribution is -0.146. The Hall–Kier alpha value is -0.410. The van der Waals surface area contributed by atoms with Gasteiger partial charge in [-0.3, -0.25) is 4.79 Å². The van der Waals surface area contributed by atoms with Gasteiger partial charge in [0.1, 0.15) is 6.10 Å². The molecule has 3 heteroatoms. The van der Waals surface area contributed by atoms with Gasteiger partial charge in [0, 0.05) is 5.92 Å². The summed E-state index contributed by atoms with van der Waals surface area (Å²) >= 11 is 0. The lowest BCUT2D eigenvalue weighted by atomic mass is 9.43. The minimum atomic E-state index is -0.0552. The van der Waals surface area contributed by atoms with Crippen LogP contribution in [0.1, 0.15) is 71.1 Å². The standard InChI is InChI=1S/C22H32O3/c1-21-8-6-13(23)10-12(21)2-3-14-15(21)7-9-22-11-18-20(25-18)19(24)17(22)5-4-16(14)22/h12-18,20,23H,2-11H2,1H3/t12-,13+,14+,15-,16-,17+,18-,20-,21-,22-/m0/s1. The Morgan fingerprint density at radius 3 is 2.80 bits per heavy atom. The molecular weight excluding hydrogens is 312 g/mol. The van der Waals surface area contributed by atoms with Gasteiger partial charge in [-0.15, -0.1) is 0 Å². The van der Waals surface area contributed by atoms with Crippen molar-refractivity contribution in [3.63, 3.8) is 0 Å². The Labute approximate surface area is 150 Å². The summed E-state index contributed by atoms with van der Waals surface area (Å²) in [7, 11) is 0. The summed E-state index contributed by atoms with van der Waals surface area (Å²) in [5, 5.41) is 10.2. The summed E-state index contributed by atoms with van der Waals surface area (Å²) in [6.45, 7) is 2.55. The molecule has 6 aliphatic rings. The molecule has 6 fully saturated rings. The summed E-state index contributed by atoms with van der Waals surface area (Å²) in [6, 6.07) is 0. The highest BCUT2D eigenvalue weighted by atomic mass is 16.6. The van der Waals surface area contributed by atoms with Crippen molar-refractivity contribution in [1.29, 1.82) is 0 Å². The number of epoxide rings is 1. The quantitative estimate of drug-likeness (QED) is 0.681. The zero-order valence-corrected chi connectivity index (χ0v) is 15.5. The third kappa shape index (κ3) is 1.87. The number of Topliss-reactive ketones (excluding diaryl/α,β-unsaturated/α-hetero) is 1. The highest BCUT2D eigenvalue weighted by Gasteiger charge is 2.69. The van der Waals surface area contributed by atoms with Crippen LogP contribution in [0.3, 0.4) is 0 Å². The SMILES string of the molecule is C[C@]12CC[C@@H](O)C[C@@H]1CC[C@@H]1[C@@H]2CC[C@@]23C[C@@H]4O[C@@H]4C(=O)[C@H]2CC[C@@H]13. The molecule has 5 saturated carbocycles. The van der Waals surface area contributed by atoms with Gasteiger partial charge < -0.3 is 9.84 Å². The molecule has 10 atom stereocenters. The van der Waals surface area contributed by atoms with E-state index in [4.69, 9.17) is 4.74 Å². The third-order valence-electron chi connectivity index (χ3n) is 10.1. The van der Waals surface area contributed by atoms with Crippen molar-refractivity contribution in [2.45, 2.75) is 89.4 Å². The fourth-order valence-electron chi connectivity index (χ4n) is 8.99. The van der Waals surface area contributed by atoms with E-state index in [1.165, 1.54) is 44.9 Å². The zero-order valence-electron chi connectivity index (χ0n) is 15.5. The summed E-state index contributed by atoms with van der Waals surface area (Å²) < 4.78 is 5.75. The first-order valence-corrected chi connectivity index (χ1v) is 10.9. The van der Waals surface area contributed by atoms with Gasteiger partial charge in [0.25, 0.3) is 0 Å². The van der Waals surface area contributed by atoms with Crippen LogP contribution >= 0.6 is 0 Å². The number of ketones is 1. The summed E-state index contributed by atoms with van der Waals surface area (Å²) in [5.74, 6) is 3.96. The van der Waals surface area contributed by atoms with E-state index in [0.29, 0.717) is 22.5 Å². The molecule has 0 radical (unpaired) electrons. The highest BCUT2D eigenvalue weighted by Crippen LogP contribution is 2.70. The zero-order chi connectivity index (χ0) is 17.0. The maximum atomic E-state index is 12.8. The normalized spacial score (nSPS) is 62.2. The topological polar surface area (TPSA) is 49.8 Å². The van der Waals surface area contributed by atoms with Gasteiger partial charge in [0.05, 0.1) is 12.2 Å². The number of rotatable bonds is 0. The lowest BCUT2D eigenvalue weighted by Crippen LogP contribution is -2.56. The van der Waals surface area contributed by atoms with Crippen LogP contribution in [0.4, 0.5) is 0 Å². The molecular formula is C22H32O3. The molecule has 1 spiro atoms. The monoisotopic (exact) mass is 344 g/mol. The molecule has 0 unspecified atom stereocenters. The van der Waals surface area contributed by atoms with E-state index in [1.807, 2.05) is 0 Å². The smallest absolute Gasteiger partial charge is 0.167 e. The Kier molecular flexibility index (Phi) is 3.06. The predicted molar refractivity (Wildman–Crippen MR) is 93.8 cm³/mol. The molecule has 25 heavy (non-hydrogen) atoms. The predicted octanol–water partition coefficient (Wildman–Crippen LogP) is 3.73. The molecule has 0 aromatic carbocycles. The van der Waals surface area contributed by atoms with Crippen LogP contribution < -0.4 is 0 Å². The van der Waals surface area contributed by atoms with Crippen LogP contribution in [0, 0.1) is 40.4 Å². The first-order valence-electron chi connectivity index (χ1n) is 10.9. The molecule has 0 aromatic heterocycles. The number of hydrogen-bond donors (Lipinski definition) is 1. The summed E-state index contributed by atoms with van der Waals surface area (Å²) in [5.41, 5.74) is 0.742. The Balaban J connectivity index is 1.33. The van der Waals surface area contributed by atoms with Crippen molar-refractivity contribution >= 4 is 5.78 Å². The average molecular weight is 344 g/mol. The van der Waals surface area contributed by atoms with E-state index in [-0.39, 0.29) is 18.3 Å². The number of aliphatic hydroxyl groups is 1. The fraction of sp³-hybridized carbons (Fsp3) is 0.955. The Bertz CT molecular complexity index is 616. The molecule has 0 amide bonds. The van der Waals surface area contributed by atoms with E-state index in [1.54, 1.807) is 0 Å². The first kappa shape index (κ1) is 15.6. The van der Waals surface area contributed by atoms with Gasteiger partial charge in [0.15, 0.2) is 5.78 Å². The number of aliphatic hydroxyl groups excluding tert-OH is 1. The lowest BCUT2D eigenvalue weighted by Gasteiger charge is -2.61. The van der Waals surface area contributed by atoms with Crippen molar-refractivity contribution in [2.75, 3.05) is 0 Å². The molecule has 1 heterocycles. The minimum Gasteiger partial charge on any atom is -0.393 e. The number of ether oxygens (including phenoxy) is 1. The largest absolute Gasteiger partial charge is 0.393 e. The number of carbonyl (C=O) groups is 1. The van der Waals surface area contributed by atoms with Crippen LogP contribution in [-0.4, -0.2) is 29.2 Å². The molecule has 0 bridgehead atoms. The molecule has 1 saturated heterocycles. The number of hydrogen-bond acceptors (Lipinski definition) is 3. The second kappa shape index (κ2) is 4.90. The fourth-order valence-corrected chi connectivity index (χ4v) is 8.99. The van der Waals surface area contributed by atoms with Crippen molar-refractivity contribution in [1.82, 2.24) is 0 Å². The molecule has 3 nitrogen and oxygen atoms in total. The van der Waals surface area contributed by atoms with Gasteiger partial charge in [-0.25, -0.2) is 0 Å². The molecule has 138 valence electrons. The van der Waals surface area contributed by atoms with Gasteiger partial charge in [0.2, 0.25) is 0 Å². The van der Waals surface area contributed by atoms with Crippen molar-refractivity contribution in [3.8, 4) is 0 Å².